The molecule has 4 heteroatoms. The highest BCUT2D eigenvalue weighted by Gasteiger charge is 2.18. The second-order valence-electron chi connectivity index (χ2n) is 2.83. The van der Waals surface area contributed by atoms with Crippen molar-refractivity contribution in [1.29, 1.82) is 0 Å². The minimum Gasteiger partial charge on any atom is -0.387 e. The van der Waals surface area contributed by atoms with Crippen molar-refractivity contribution in [2.24, 2.45) is 0 Å². The van der Waals surface area contributed by atoms with E-state index < -0.39 is 6.10 Å². The third-order valence-electron chi connectivity index (χ3n) is 2.10. The minimum absolute atomic E-state index is 0.112. The molecule has 0 amide bonds. The zero-order valence-electron chi connectivity index (χ0n) is 6.08. The highest BCUT2D eigenvalue weighted by Crippen LogP contribution is 2.21. The summed E-state index contributed by atoms with van der Waals surface area (Å²) >= 11 is 0. The van der Waals surface area contributed by atoms with Crippen LogP contribution in [-0.2, 0) is 6.54 Å². The van der Waals surface area contributed by atoms with Crippen LogP contribution in [0.5, 0.6) is 0 Å². The summed E-state index contributed by atoms with van der Waals surface area (Å²) in [6.07, 6.45) is 2.78. The zero-order valence-corrected chi connectivity index (χ0v) is 6.08. The Balaban J connectivity index is 2.55. The fraction of sp³-hybridized carbons (Fsp3) is 0.571. The van der Waals surface area contributed by atoms with Crippen molar-refractivity contribution in [3.05, 3.63) is 22.4 Å². The summed E-state index contributed by atoms with van der Waals surface area (Å²) in [5.41, 5.74) is 0.611. The number of aliphatic hydroxyl groups excluding tert-OH is 1. The zero-order chi connectivity index (χ0) is 7.84. The van der Waals surface area contributed by atoms with Gasteiger partial charge in [0, 0.05) is 12.7 Å². The smallest absolute Gasteiger partial charge is 0.325 e. The molecule has 2 N–H and O–H groups in total. The van der Waals surface area contributed by atoms with E-state index in [1.54, 1.807) is 10.8 Å². The molecule has 2 heterocycles. The van der Waals surface area contributed by atoms with E-state index in [2.05, 4.69) is 4.98 Å². The van der Waals surface area contributed by atoms with Gasteiger partial charge in [-0.2, -0.15) is 0 Å². The number of hydrogen-bond acceptors (Lipinski definition) is 2. The Morgan fingerprint density at radius 1 is 1.73 bits per heavy atom. The van der Waals surface area contributed by atoms with Crippen LogP contribution in [0.4, 0.5) is 0 Å². The standard InChI is InChI=1S/C7H10N2O2/c10-6-2-1-3-9-5(6)4-8-7(9)11/h4,6,10H,1-3H2,(H,8,11). The first-order valence-corrected chi connectivity index (χ1v) is 3.75. The Kier molecular flexibility index (Phi) is 1.35. The lowest BCUT2D eigenvalue weighted by Crippen LogP contribution is -2.24. The molecule has 0 fully saturated rings. The molecule has 0 saturated heterocycles. The number of imidazole rings is 1. The summed E-state index contributed by atoms with van der Waals surface area (Å²) in [6.45, 7) is 0.731. The summed E-state index contributed by atoms with van der Waals surface area (Å²) in [5.74, 6) is 0. The lowest BCUT2D eigenvalue weighted by Gasteiger charge is -2.18. The Hall–Kier alpha value is -1.03. The normalized spacial score (nSPS) is 23.2. The molecule has 0 radical (unpaired) electrons. The number of fused-ring (bicyclic) bond motifs is 1. The molecular formula is C7H10N2O2. The van der Waals surface area contributed by atoms with E-state index >= 15 is 0 Å². The van der Waals surface area contributed by atoms with Crippen LogP contribution in [0.1, 0.15) is 24.6 Å². The van der Waals surface area contributed by atoms with E-state index in [1.165, 1.54) is 0 Å². The number of nitrogens with one attached hydrogen (secondary N) is 1. The van der Waals surface area contributed by atoms with Gasteiger partial charge in [0.05, 0.1) is 11.8 Å². The van der Waals surface area contributed by atoms with E-state index in [-0.39, 0.29) is 5.69 Å². The van der Waals surface area contributed by atoms with E-state index in [4.69, 9.17) is 0 Å². The van der Waals surface area contributed by atoms with Crippen LogP contribution in [0.25, 0.3) is 0 Å². The fourth-order valence-electron chi connectivity index (χ4n) is 1.51. The van der Waals surface area contributed by atoms with Gasteiger partial charge in [0.1, 0.15) is 0 Å². The van der Waals surface area contributed by atoms with Gasteiger partial charge in [-0.15, -0.1) is 0 Å². The average Bonchev–Trinajstić information content (AvgIpc) is 2.35. The first-order chi connectivity index (χ1) is 5.29. The fourth-order valence-corrected chi connectivity index (χ4v) is 1.51. The monoisotopic (exact) mass is 154 g/mol. The molecule has 4 nitrogen and oxygen atoms in total. The molecule has 2 rings (SSSR count). The minimum atomic E-state index is -0.456. The third-order valence-corrected chi connectivity index (χ3v) is 2.10. The molecule has 1 aliphatic heterocycles. The number of H-pyrrole nitrogens is 1. The largest absolute Gasteiger partial charge is 0.387 e. The van der Waals surface area contributed by atoms with Crippen LogP contribution in [0.15, 0.2) is 11.0 Å². The molecule has 0 aromatic carbocycles. The predicted octanol–water partition coefficient (Wildman–Crippen LogP) is 0.00360. The quantitative estimate of drug-likeness (QED) is 0.552. The molecule has 0 aliphatic carbocycles. The highest BCUT2D eigenvalue weighted by molar-refractivity contribution is 5.04. The molecule has 1 aliphatic rings. The van der Waals surface area contributed by atoms with Crippen molar-refractivity contribution in [2.45, 2.75) is 25.5 Å². The molecule has 1 atom stereocenters. The lowest BCUT2D eigenvalue weighted by molar-refractivity contribution is 0.138. The van der Waals surface area contributed by atoms with Crippen LogP contribution in [0, 0.1) is 0 Å². The lowest BCUT2D eigenvalue weighted by atomic mass is 10.1. The van der Waals surface area contributed by atoms with Gasteiger partial charge in [0.2, 0.25) is 0 Å². The van der Waals surface area contributed by atoms with Gasteiger partial charge in [-0.05, 0) is 12.8 Å². The first kappa shape index (κ1) is 6.67. The van der Waals surface area contributed by atoms with Crippen molar-refractivity contribution in [2.75, 3.05) is 0 Å². The Bertz CT molecular complexity index is 312. The van der Waals surface area contributed by atoms with E-state index in [0.717, 1.165) is 25.1 Å². The highest BCUT2D eigenvalue weighted by atomic mass is 16.3. The van der Waals surface area contributed by atoms with Crippen molar-refractivity contribution >= 4 is 0 Å². The van der Waals surface area contributed by atoms with Gasteiger partial charge < -0.3 is 10.1 Å². The van der Waals surface area contributed by atoms with E-state index in [9.17, 15) is 9.90 Å². The maximum absolute atomic E-state index is 11.0. The van der Waals surface area contributed by atoms with Gasteiger partial charge in [-0.25, -0.2) is 4.79 Å². The van der Waals surface area contributed by atoms with E-state index in [0.29, 0.717) is 0 Å². The van der Waals surface area contributed by atoms with Crippen molar-refractivity contribution in [3.8, 4) is 0 Å². The second kappa shape index (κ2) is 2.23. The van der Waals surface area contributed by atoms with Crippen molar-refractivity contribution in [3.63, 3.8) is 0 Å². The van der Waals surface area contributed by atoms with Gasteiger partial charge in [-0.1, -0.05) is 0 Å². The maximum Gasteiger partial charge on any atom is 0.325 e. The van der Waals surface area contributed by atoms with Gasteiger partial charge >= 0.3 is 5.69 Å². The van der Waals surface area contributed by atoms with Crippen LogP contribution < -0.4 is 5.69 Å². The van der Waals surface area contributed by atoms with E-state index in [1.807, 2.05) is 0 Å². The molecule has 60 valence electrons. The third kappa shape index (κ3) is 0.903. The number of aromatic amines is 1. The number of rotatable bonds is 0. The summed E-state index contributed by atoms with van der Waals surface area (Å²) in [4.78, 5) is 13.6. The molecular weight excluding hydrogens is 144 g/mol. The van der Waals surface area contributed by atoms with Crippen LogP contribution in [0.2, 0.25) is 0 Å². The summed E-state index contributed by atoms with van der Waals surface area (Å²) in [7, 11) is 0. The van der Waals surface area contributed by atoms with Gasteiger partial charge in [0.25, 0.3) is 0 Å². The first-order valence-electron chi connectivity index (χ1n) is 3.75. The van der Waals surface area contributed by atoms with Gasteiger partial charge in [-0.3, -0.25) is 4.57 Å². The molecule has 0 spiro atoms. The average molecular weight is 154 g/mol. The van der Waals surface area contributed by atoms with Crippen LogP contribution in [0.3, 0.4) is 0 Å². The number of hydrogen-bond donors (Lipinski definition) is 2. The van der Waals surface area contributed by atoms with Crippen molar-refractivity contribution < 1.29 is 5.11 Å². The Morgan fingerprint density at radius 2 is 2.55 bits per heavy atom. The van der Waals surface area contributed by atoms with Crippen LogP contribution >= 0.6 is 0 Å². The van der Waals surface area contributed by atoms with Crippen molar-refractivity contribution in [1.82, 2.24) is 9.55 Å². The number of nitrogens with zero attached hydrogens (tertiary/aromatic N) is 1. The van der Waals surface area contributed by atoms with Crippen LogP contribution in [-0.4, -0.2) is 14.7 Å². The number of aliphatic hydroxyl groups is 1. The molecule has 0 bridgehead atoms. The summed E-state index contributed by atoms with van der Waals surface area (Å²) < 4.78 is 1.59. The summed E-state index contributed by atoms with van der Waals surface area (Å²) in [5, 5.41) is 9.39. The maximum atomic E-state index is 11.0. The molecule has 1 aromatic heterocycles. The van der Waals surface area contributed by atoms with Gasteiger partial charge in [0.15, 0.2) is 0 Å². The number of aromatic nitrogens is 2. The molecule has 11 heavy (non-hydrogen) atoms. The molecule has 1 unspecified atom stereocenters. The topological polar surface area (TPSA) is 58.0 Å². The summed E-state index contributed by atoms with van der Waals surface area (Å²) in [6, 6.07) is 0. The Morgan fingerprint density at radius 3 is 3.27 bits per heavy atom. The molecule has 0 saturated carbocycles. The molecule has 1 aromatic rings. The second-order valence-corrected chi connectivity index (χ2v) is 2.83. The predicted molar refractivity (Wildman–Crippen MR) is 39.2 cm³/mol. The SMILES string of the molecule is O=c1[nH]cc2n1CCCC2O. The Labute approximate surface area is 63.5 Å².